The summed E-state index contributed by atoms with van der Waals surface area (Å²) in [6.45, 7) is 2.52. The summed E-state index contributed by atoms with van der Waals surface area (Å²) in [5.74, 6) is -0.417. The van der Waals surface area contributed by atoms with Crippen LogP contribution in [0, 0.1) is 0 Å². The Morgan fingerprint density at radius 1 is 1.00 bits per heavy atom. The van der Waals surface area contributed by atoms with Gasteiger partial charge in [-0.05, 0) is 54.4 Å². The van der Waals surface area contributed by atoms with E-state index in [1.807, 2.05) is 25.1 Å². The van der Waals surface area contributed by atoms with Crippen molar-refractivity contribution in [3.05, 3.63) is 100 Å². The predicted molar refractivity (Wildman–Crippen MR) is 130 cm³/mol. The van der Waals surface area contributed by atoms with Crippen LogP contribution in [0.1, 0.15) is 29.7 Å². The smallest absolute Gasteiger partial charge is 0.295 e. The SMILES string of the molecule is CCOc1cccc(C2/C(=C(/O)c3cccc(Cl)c3)C(=O)C(=O)N2Cc2ccc(OC)cc2)c1. The van der Waals surface area contributed by atoms with Gasteiger partial charge in [-0.2, -0.15) is 0 Å². The Balaban J connectivity index is 1.84. The zero-order valence-electron chi connectivity index (χ0n) is 18.8. The molecule has 0 aliphatic carbocycles. The van der Waals surface area contributed by atoms with E-state index in [4.69, 9.17) is 21.1 Å². The van der Waals surface area contributed by atoms with Crippen LogP contribution in [0.4, 0.5) is 0 Å². The molecule has 0 radical (unpaired) electrons. The number of halogens is 1. The van der Waals surface area contributed by atoms with E-state index in [0.717, 1.165) is 5.56 Å². The number of nitrogens with zero attached hydrogens (tertiary/aromatic N) is 1. The standard InChI is InChI=1S/C27H24ClNO5/c1-3-34-22-9-5-6-18(15-22)24-23(25(30)19-7-4-8-20(28)14-19)26(31)27(32)29(24)16-17-10-12-21(33-2)13-11-17/h4-15,24,30H,3,16H2,1-2H3/b25-23-. The third-order valence-electron chi connectivity index (χ3n) is 5.63. The third-order valence-corrected chi connectivity index (χ3v) is 5.87. The monoisotopic (exact) mass is 477 g/mol. The van der Waals surface area contributed by atoms with Crippen LogP contribution in [0.25, 0.3) is 5.76 Å². The Kier molecular flexibility index (Phi) is 6.89. The van der Waals surface area contributed by atoms with Gasteiger partial charge in [0.15, 0.2) is 0 Å². The van der Waals surface area contributed by atoms with Crippen LogP contribution in [-0.2, 0) is 16.1 Å². The van der Waals surface area contributed by atoms with E-state index in [2.05, 4.69) is 0 Å². The number of ether oxygens (including phenoxy) is 2. The van der Waals surface area contributed by atoms with Gasteiger partial charge in [0.05, 0.1) is 25.3 Å². The average Bonchev–Trinajstić information content (AvgIpc) is 3.09. The molecule has 34 heavy (non-hydrogen) atoms. The fraction of sp³-hybridized carbons (Fsp3) is 0.185. The Bertz CT molecular complexity index is 1250. The van der Waals surface area contributed by atoms with Gasteiger partial charge >= 0.3 is 0 Å². The number of Topliss-reactive ketones (excluding diaryl/α,β-unsaturated/α-hetero) is 1. The highest BCUT2D eigenvalue weighted by Gasteiger charge is 2.46. The number of rotatable bonds is 7. The number of aliphatic hydroxyl groups is 1. The Morgan fingerprint density at radius 2 is 1.74 bits per heavy atom. The number of amides is 1. The summed E-state index contributed by atoms with van der Waals surface area (Å²) in [5, 5.41) is 11.6. The number of aliphatic hydroxyl groups excluding tert-OH is 1. The van der Waals surface area contributed by atoms with Gasteiger partial charge in [-0.1, -0.05) is 48.0 Å². The molecule has 1 saturated heterocycles. The zero-order chi connectivity index (χ0) is 24.2. The van der Waals surface area contributed by atoms with Crippen molar-refractivity contribution < 1.29 is 24.2 Å². The molecule has 1 fully saturated rings. The fourth-order valence-electron chi connectivity index (χ4n) is 4.05. The summed E-state index contributed by atoms with van der Waals surface area (Å²) >= 11 is 6.11. The van der Waals surface area contributed by atoms with Crippen molar-refractivity contribution >= 4 is 29.1 Å². The van der Waals surface area contributed by atoms with Crippen molar-refractivity contribution in [2.24, 2.45) is 0 Å². The number of likely N-dealkylation sites (tertiary alicyclic amines) is 1. The Labute approximate surface area is 203 Å². The second kappa shape index (κ2) is 10.0. The molecule has 1 atom stereocenters. The zero-order valence-corrected chi connectivity index (χ0v) is 19.6. The minimum absolute atomic E-state index is 0.00873. The van der Waals surface area contributed by atoms with Gasteiger partial charge in [-0.3, -0.25) is 9.59 Å². The summed E-state index contributed by atoms with van der Waals surface area (Å²) in [6.07, 6.45) is 0. The molecule has 3 aromatic rings. The first-order chi connectivity index (χ1) is 16.4. The minimum Gasteiger partial charge on any atom is -0.507 e. The normalized spacial score (nSPS) is 17.1. The summed E-state index contributed by atoms with van der Waals surface area (Å²) in [4.78, 5) is 27.9. The highest BCUT2D eigenvalue weighted by atomic mass is 35.5. The van der Waals surface area contributed by atoms with Gasteiger partial charge in [0.2, 0.25) is 0 Å². The summed E-state index contributed by atoms with van der Waals surface area (Å²) < 4.78 is 10.8. The summed E-state index contributed by atoms with van der Waals surface area (Å²) in [6, 6.07) is 20.2. The van der Waals surface area contributed by atoms with Gasteiger partial charge in [0, 0.05) is 17.1 Å². The predicted octanol–water partition coefficient (Wildman–Crippen LogP) is 5.37. The van der Waals surface area contributed by atoms with Crippen molar-refractivity contribution in [1.82, 2.24) is 4.90 Å². The molecule has 1 amide bonds. The molecule has 0 spiro atoms. The first-order valence-electron chi connectivity index (χ1n) is 10.8. The maximum Gasteiger partial charge on any atom is 0.295 e. The molecule has 6 nitrogen and oxygen atoms in total. The molecule has 1 aliphatic heterocycles. The van der Waals surface area contributed by atoms with Gasteiger partial charge in [-0.15, -0.1) is 0 Å². The first kappa shape index (κ1) is 23.4. The van der Waals surface area contributed by atoms with E-state index in [1.54, 1.807) is 61.7 Å². The number of hydrogen-bond donors (Lipinski definition) is 1. The molecule has 7 heteroatoms. The highest BCUT2D eigenvalue weighted by molar-refractivity contribution is 6.46. The molecule has 4 rings (SSSR count). The number of ketones is 1. The van der Waals surface area contributed by atoms with Crippen LogP contribution in [0.3, 0.4) is 0 Å². The lowest BCUT2D eigenvalue weighted by Crippen LogP contribution is -2.29. The largest absolute Gasteiger partial charge is 0.507 e. The maximum atomic E-state index is 13.2. The van der Waals surface area contributed by atoms with Gasteiger partial charge in [0.25, 0.3) is 11.7 Å². The third kappa shape index (κ3) is 4.63. The van der Waals surface area contributed by atoms with E-state index in [0.29, 0.717) is 34.3 Å². The van der Waals surface area contributed by atoms with Crippen LogP contribution in [0.15, 0.2) is 78.4 Å². The minimum atomic E-state index is -0.804. The molecule has 0 saturated carbocycles. The van der Waals surface area contributed by atoms with Crippen molar-refractivity contribution in [1.29, 1.82) is 0 Å². The van der Waals surface area contributed by atoms with E-state index in [-0.39, 0.29) is 17.9 Å². The number of methoxy groups -OCH3 is 1. The van der Waals surface area contributed by atoms with Crippen LogP contribution >= 0.6 is 11.6 Å². The molecule has 1 heterocycles. The number of benzene rings is 3. The fourth-order valence-corrected chi connectivity index (χ4v) is 4.24. The number of carbonyl (C=O) groups is 2. The second-order valence-electron chi connectivity index (χ2n) is 7.79. The molecule has 1 aliphatic rings. The Morgan fingerprint density at radius 3 is 2.41 bits per heavy atom. The molecule has 174 valence electrons. The molecule has 1 N–H and O–H groups in total. The molecular formula is C27H24ClNO5. The molecule has 0 bridgehead atoms. The maximum absolute atomic E-state index is 13.2. The Hall–Kier alpha value is -3.77. The number of carbonyl (C=O) groups excluding carboxylic acids is 2. The van der Waals surface area contributed by atoms with Gasteiger partial charge in [0.1, 0.15) is 17.3 Å². The van der Waals surface area contributed by atoms with Crippen LogP contribution in [-0.4, -0.2) is 35.4 Å². The average molecular weight is 478 g/mol. The second-order valence-corrected chi connectivity index (χ2v) is 8.23. The molecule has 3 aromatic carbocycles. The van der Waals surface area contributed by atoms with Gasteiger partial charge in [-0.25, -0.2) is 0 Å². The van der Waals surface area contributed by atoms with Crippen molar-refractivity contribution in [2.45, 2.75) is 19.5 Å². The topological polar surface area (TPSA) is 76.1 Å². The van der Waals surface area contributed by atoms with Crippen molar-refractivity contribution in [3.8, 4) is 11.5 Å². The van der Waals surface area contributed by atoms with Crippen molar-refractivity contribution in [2.75, 3.05) is 13.7 Å². The van der Waals surface area contributed by atoms with Gasteiger partial charge < -0.3 is 19.5 Å². The van der Waals surface area contributed by atoms with E-state index < -0.39 is 17.7 Å². The van der Waals surface area contributed by atoms with E-state index in [9.17, 15) is 14.7 Å². The quantitative estimate of drug-likeness (QED) is 0.281. The highest BCUT2D eigenvalue weighted by Crippen LogP contribution is 2.41. The lowest BCUT2D eigenvalue weighted by atomic mass is 9.95. The summed E-state index contributed by atoms with van der Waals surface area (Å²) in [7, 11) is 1.58. The van der Waals surface area contributed by atoms with Crippen molar-refractivity contribution in [3.63, 3.8) is 0 Å². The molecular weight excluding hydrogens is 454 g/mol. The van der Waals surface area contributed by atoms with Crippen LogP contribution in [0.2, 0.25) is 5.02 Å². The lowest BCUT2D eigenvalue weighted by molar-refractivity contribution is -0.140. The lowest BCUT2D eigenvalue weighted by Gasteiger charge is -2.26. The van der Waals surface area contributed by atoms with E-state index >= 15 is 0 Å². The first-order valence-corrected chi connectivity index (χ1v) is 11.2. The summed E-state index contributed by atoms with van der Waals surface area (Å²) in [5.41, 5.74) is 1.84. The van der Waals surface area contributed by atoms with Crippen LogP contribution in [0.5, 0.6) is 11.5 Å². The number of hydrogen-bond acceptors (Lipinski definition) is 5. The van der Waals surface area contributed by atoms with E-state index in [1.165, 1.54) is 4.90 Å². The molecule has 0 aromatic heterocycles. The van der Waals surface area contributed by atoms with Crippen LogP contribution < -0.4 is 9.47 Å². The molecule has 1 unspecified atom stereocenters.